The van der Waals surface area contributed by atoms with Gasteiger partial charge in [0.2, 0.25) is 0 Å². The summed E-state index contributed by atoms with van der Waals surface area (Å²) in [6, 6.07) is 5.67. The lowest BCUT2D eigenvalue weighted by molar-refractivity contribution is -0.144. The first-order valence-corrected chi connectivity index (χ1v) is 5.09. The van der Waals surface area contributed by atoms with Gasteiger partial charge in [-0.25, -0.2) is 0 Å². The largest absolute Gasteiger partial charge is 0.466 e. The Bertz CT molecular complexity index is 361. The van der Waals surface area contributed by atoms with E-state index in [4.69, 9.17) is 10.5 Å². The number of nitrogens with two attached hydrogens (primary N) is 1. The normalized spacial score (nSPS) is 12.2. The van der Waals surface area contributed by atoms with Gasteiger partial charge in [0.1, 0.15) is 0 Å². The van der Waals surface area contributed by atoms with Crippen molar-refractivity contribution in [3.63, 3.8) is 0 Å². The van der Waals surface area contributed by atoms with Gasteiger partial charge in [-0.15, -0.1) is 0 Å². The SMILES string of the molecule is CCOC(=O)C(C)c1cc(C)ccc1N. The van der Waals surface area contributed by atoms with E-state index >= 15 is 0 Å². The lowest BCUT2D eigenvalue weighted by Crippen LogP contribution is -2.14. The smallest absolute Gasteiger partial charge is 0.313 e. The Morgan fingerprint density at radius 3 is 2.80 bits per heavy atom. The minimum absolute atomic E-state index is 0.227. The molecule has 0 aliphatic rings. The number of nitrogen functional groups attached to an aromatic ring is 1. The molecule has 0 bridgehead atoms. The Balaban J connectivity index is 2.94. The molecule has 1 atom stereocenters. The molecule has 2 N–H and O–H groups in total. The summed E-state index contributed by atoms with van der Waals surface area (Å²) in [7, 11) is 0. The van der Waals surface area contributed by atoms with Gasteiger partial charge in [0.25, 0.3) is 0 Å². The van der Waals surface area contributed by atoms with Crippen LogP contribution in [-0.2, 0) is 9.53 Å². The minimum Gasteiger partial charge on any atom is -0.466 e. The number of esters is 1. The zero-order chi connectivity index (χ0) is 11.4. The molecule has 0 saturated carbocycles. The Hall–Kier alpha value is -1.51. The standard InChI is InChI=1S/C12H17NO2/c1-4-15-12(14)9(3)10-7-8(2)5-6-11(10)13/h5-7,9H,4,13H2,1-3H3. The summed E-state index contributed by atoms with van der Waals surface area (Å²) in [5.41, 5.74) is 8.39. The number of carbonyl (C=O) groups excluding carboxylic acids is 1. The summed E-state index contributed by atoms with van der Waals surface area (Å²) in [4.78, 5) is 11.5. The molecule has 0 spiro atoms. The number of ether oxygens (including phenoxy) is 1. The number of carbonyl (C=O) groups is 1. The van der Waals surface area contributed by atoms with Crippen LogP contribution in [-0.4, -0.2) is 12.6 Å². The van der Waals surface area contributed by atoms with E-state index in [2.05, 4.69) is 0 Å². The highest BCUT2D eigenvalue weighted by molar-refractivity contribution is 5.80. The van der Waals surface area contributed by atoms with Gasteiger partial charge in [-0.05, 0) is 32.4 Å². The number of hydrogen-bond donors (Lipinski definition) is 1. The van der Waals surface area contributed by atoms with Crippen LogP contribution in [0.2, 0.25) is 0 Å². The fourth-order valence-corrected chi connectivity index (χ4v) is 1.46. The third kappa shape index (κ3) is 2.72. The fraction of sp³-hybridized carbons (Fsp3) is 0.417. The molecule has 1 rings (SSSR count). The van der Waals surface area contributed by atoms with Gasteiger partial charge >= 0.3 is 5.97 Å². The van der Waals surface area contributed by atoms with Crippen LogP contribution < -0.4 is 5.73 Å². The second-order valence-corrected chi connectivity index (χ2v) is 3.61. The molecule has 0 aromatic heterocycles. The summed E-state index contributed by atoms with van der Waals surface area (Å²) in [5, 5.41) is 0. The van der Waals surface area contributed by atoms with Gasteiger partial charge in [-0.3, -0.25) is 4.79 Å². The molecule has 1 unspecified atom stereocenters. The second-order valence-electron chi connectivity index (χ2n) is 3.61. The topological polar surface area (TPSA) is 52.3 Å². The van der Waals surface area contributed by atoms with Gasteiger partial charge < -0.3 is 10.5 Å². The molecule has 0 heterocycles. The Morgan fingerprint density at radius 2 is 2.20 bits per heavy atom. The van der Waals surface area contributed by atoms with Gasteiger partial charge in [-0.2, -0.15) is 0 Å². The predicted molar refractivity (Wildman–Crippen MR) is 60.6 cm³/mol. The number of hydrogen-bond acceptors (Lipinski definition) is 3. The fourth-order valence-electron chi connectivity index (χ4n) is 1.46. The van der Waals surface area contributed by atoms with Crippen molar-refractivity contribution in [2.45, 2.75) is 26.7 Å². The van der Waals surface area contributed by atoms with Crippen molar-refractivity contribution < 1.29 is 9.53 Å². The van der Waals surface area contributed by atoms with Gasteiger partial charge in [0, 0.05) is 5.69 Å². The van der Waals surface area contributed by atoms with Gasteiger partial charge in [-0.1, -0.05) is 17.7 Å². The molecule has 15 heavy (non-hydrogen) atoms. The van der Waals surface area contributed by atoms with Crippen molar-refractivity contribution in [1.29, 1.82) is 0 Å². The second kappa shape index (κ2) is 4.82. The first-order chi connectivity index (χ1) is 7.06. The van der Waals surface area contributed by atoms with Crippen LogP contribution in [0.4, 0.5) is 5.69 Å². The van der Waals surface area contributed by atoms with Gasteiger partial charge in [0.15, 0.2) is 0 Å². The summed E-state index contributed by atoms with van der Waals surface area (Å²) < 4.78 is 4.96. The van der Waals surface area contributed by atoms with Crippen LogP contribution in [0.5, 0.6) is 0 Å². The summed E-state index contributed by atoms with van der Waals surface area (Å²) >= 11 is 0. The molecule has 1 aromatic rings. The van der Waals surface area contributed by atoms with E-state index in [1.165, 1.54) is 0 Å². The van der Waals surface area contributed by atoms with E-state index in [9.17, 15) is 4.79 Å². The maximum absolute atomic E-state index is 11.5. The average Bonchev–Trinajstić information content (AvgIpc) is 2.21. The first kappa shape index (κ1) is 11.6. The highest BCUT2D eigenvalue weighted by Gasteiger charge is 2.18. The monoisotopic (exact) mass is 207 g/mol. The molecular weight excluding hydrogens is 190 g/mol. The van der Waals surface area contributed by atoms with Crippen molar-refractivity contribution in [2.75, 3.05) is 12.3 Å². The molecule has 0 fully saturated rings. The molecule has 3 heteroatoms. The maximum atomic E-state index is 11.5. The Kier molecular flexibility index (Phi) is 3.72. The number of anilines is 1. The molecule has 3 nitrogen and oxygen atoms in total. The third-order valence-corrected chi connectivity index (χ3v) is 2.35. The zero-order valence-corrected chi connectivity index (χ0v) is 9.41. The van der Waals surface area contributed by atoms with Gasteiger partial charge in [0.05, 0.1) is 12.5 Å². The third-order valence-electron chi connectivity index (χ3n) is 2.35. The Labute approximate surface area is 90.2 Å². The van der Waals surface area contributed by atoms with Crippen molar-refractivity contribution in [3.05, 3.63) is 29.3 Å². The van der Waals surface area contributed by atoms with Crippen molar-refractivity contribution in [3.8, 4) is 0 Å². The number of rotatable bonds is 3. The molecule has 0 aliphatic heterocycles. The van der Waals surface area contributed by atoms with Crippen LogP contribution in [0.3, 0.4) is 0 Å². The quantitative estimate of drug-likeness (QED) is 0.611. The zero-order valence-electron chi connectivity index (χ0n) is 9.41. The van der Waals surface area contributed by atoms with Crippen LogP contribution in [0.1, 0.15) is 30.9 Å². The molecule has 0 radical (unpaired) electrons. The van der Waals surface area contributed by atoms with E-state index in [1.54, 1.807) is 6.92 Å². The molecular formula is C12H17NO2. The minimum atomic E-state index is -0.301. The average molecular weight is 207 g/mol. The van der Waals surface area contributed by atoms with Crippen LogP contribution in [0.25, 0.3) is 0 Å². The van der Waals surface area contributed by atoms with Crippen molar-refractivity contribution in [2.24, 2.45) is 0 Å². The lowest BCUT2D eigenvalue weighted by Gasteiger charge is -2.13. The Morgan fingerprint density at radius 1 is 1.53 bits per heavy atom. The van der Waals surface area contributed by atoms with E-state index in [0.717, 1.165) is 11.1 Å². The predicted octanol–water partition coefficient (Wildman–Crippen LogP) is 2.24. The lowest BCUT2D eigenvalue weighted by atomic mass is 9.97. The highest BCUT2D eigenvalue weighted by Crippen LogP contribution is 2.24. The molecule has 82 valence electrons. The summed E-state index contributed by atoms with van der Waals surface area (Å²) in [6.45, 7) is 5.98. The maximum Gasteiger partial charge on any atom is 0.313 e. The molecule has 0 amide bonds. The van der Waals surface area contributed by atoms with Crippen LogP contribution in [0.15, 0.2) is 18.2 Å². The van der Waals surface area contributed by atoms with Crippen LogP contribution in [0, 0.1) is 6.92 Å². The number of benzene rings is 1. The van der Waals surface area contributed by atoms with E-state index in [-0.39, 0.29) is 11.9 Å². The van der Waals surface area contributed by atoms with Crippen molar-refractivity contribution in [1.82, 2.24) is 0 Å². The van der Waals surface area contributed by atoms with E-state index in [0.29, 0.717) is 12.3 Å². The van der Waals surface area contributed by atoms with Crippen LogP contribution >= 0.6 is 0 Å². The van der Waals surface area contributed by atoms with E-state index < -0.39 is 0 Å². The molecule has 1 aromatic carbocycles. The van der Waals surface area contributed by atoms with Crippen molar-refractivity contribution >= 4 is 11.7 Å². The summed E-state index contributed by atoms with van der Waals surface area (Å²) in [5.74, 6) is -0.528. The molecule has 0 saturated heterocycles. The first-order valence-electron chi connectivity index (χ1n) is 5.09. The summed E-state index contributed by atoms with van der Waals surface area (Å²) in [6.07, 6.45) is 0. The molecule has 0 aliphatic carbocycles. The van der Waals surface area contributed by atoms with E-state index in [1.807, 2.05) is 32.0 Å². The highest BCUT2D eigenvalue weighted by atomic mass is 16.5. The number of aryl methyl sites for hydroxylation is 1.